The van der Waals surface area contributed by atoms with Crippen molar-refractivity contribution in [1.82, 2.24) is 9.88 Å². The van der Waals surface area contributed by atoms with Crippen LogP contribution in [-0.4, -0.2) is 61.2 Å². The molecule has 0 unspecified atom stereocenters. The number of aliphatic imine (C=N–C) groups is 1. The molecule has 2 aliphatic rings. The van der Waals surface area contributed by atoms with Gasteiger partial charge in [-0.1, -0.05) is 0 Å². The van der Waals surface area contributed by atoms with Crippen molar-refractivity contribution in [2.45, 2.75) is 19.4 Å². The quantitative estimate of drug-likeness (QED) is 0.817. The fraction of sp³-hybridized carbons (Fsp3) is 0.600. The smallest absolute Gasteiger partial charge is 0.218 e. The highest BCUT2D eigenvalue weighted by Crippen LogP contribution is 2.21. The molecule has 108 valence electrons. The third-order valence-corrected chi connectivity index (χ3v) is 3.79. The van der Waals surface area contributed by atoms with Crippen LogP contribution >= 0.6 is 0 Å². The van der Waals surface area contributed by atoms with Crippen molar-refractivity contribution < 1.29 is 4.74 Å². The third-order valence-electron chi connectivity index (χ3n) is 3.79. The first-order valence-corrected chi connectivity index (χ1v) is 7.16. The van der Waals surface area contributed by atoms with Crippen LogP contribution in [0.5, 0.6) is 0 Å². The molecule has 0 spiro atoms. The summed E-state index contributed by atoms with van der Waals surface area (Å²) in [6, 6.07) is 4.12. The van der Waals surface area contributed by atoms with Crippen molar-refractivity contribution in [3.63, 3.8) is 0 Å². The van der Waals surface area contributed by atoms with Gasteiger partial charge in [-0.15, -0.1) is 0 Å². The van der Waals surface area contributed by atoms with Gasteiger partial charge in [0.2, 0.25) is 5.90 Å². The van der Waals surface area contributed by atoms with E-state index in [2.05, 4.69) is 52.8 Å². The summed E-state index contributed by atoms with van der Waals surface area (Å²) in [5.74, 6) is 1.76. The second-order valence-corrected chi connectivity index (χ2v) is 6.21. The first-order valence-electron chi connectivity index (χ1n) is 7.16. The Balaban J connectivity index is 1.72. The van der Waals surface area contributed by atoms with E-state index in [1.807, 2.05) is 6.20 Å². The standard InChI is InChI=1S/C15H22N4O/c1-15(2)11-20-14(17-15)12-4-5-13(16-10-12)19-8-6-18(3)7-9-19/h4-5,10H,6-9,11H2,1-3H3. The average molecular weight is 274 g/mol. The Morgan fingerprint density at radius 2 is 1.90 bits per heavy atom. The summed E-state index contributed by atoms with van der Waals surface area (Å²) in [5.41, 5.74) is 0.847. The number of pyridine rings is 1. The van der Waals surface area contributed by atoms with Gasteiger partial charge in [-0.25, -0.2) is 9.98 Å². The Bertz CT molecular complexity index is 501. The van der Waals surface area contributed by atoms with Gasteiger partial charge in [0, 0.05) is 32.4 Å². The van der Waals surface area contributed by atoms with Gasteiger partial charge in [-0.3, -0.25) is 0 Å². The molecule has 0 atom stereocenters. The summed E-state index contributed by atoms with van der Waals surface area (Å²) >= 11 is 0. The number of anilines is 1. The molecule has 0 aromatic carbocycles. The minimum atomic E-state index is -0.120. The van der Waals surface area contributed by atoms with Gasteiger partial charge < -0.3 is 14.5 Å². The fourth-order valence-corrected chi connectivity index (χ4v) is 2.47. The molecule has 5 heteroatoms. The summed E-state index contributed by atoms with van der Waals surface area (Å²) in [7, 11) is 2.16. The van der Waals surface area contributed by atoms with E-state index < -0.39 is 0 Å². The number of rotatable bonds is 2. The number of hydrogen-bond acceptors (Lipinski definition) is 5. The first kappa shape index (κ1) is 13.4. The van der Waals surface area contributed by atoms with Gasteiger partial charge in [-0.2, -0.15) is 0 Å². The second-order valence-electron chi connectivity index (χ2n) is 6.21. The molecule has 0 N–H and O–H groups in total. The Labute approximate surface area is 120 Å². The molecule has 5 nitrogen and oxygen atoms in total. The van der Waals surface area contributed by atoms with Gasteiger partial charge in [-0.05, 0) is 33.0 Å². The van der Waals surface area contributed by atoms with Crippen LogP contribution in [0.4, 0.5) is 5.82 Å². The molecular weight excluding hydrogens is 252 g/mol. The molecule has 1 aromatic heterocycles. The molecule has 0 bridgehead atoms. The summed E-state index contributed by atoms with van der Waals surface area (Å²) in [5, 5.41) is 0. The summed E-state index contributed by atoms with van der Waals surface area (Å²) in [6.07, 6.45) is 1.87. The predicted molar refractivity (Wildman–Crippen MR) is 80.5 cm³/mol. The number of aromatic nitrogens is 1. The Hall–Kier alpha value is -1.62. The highest BCUT2D eigenvalue weighted by molar-refractivity contribution is 5.95. The van der Waals surface area contributed by atoms with Crippen molar-refractivity contribution in [1.29, 1.82) is 0 Å². The summed E-state index contributed by atoms with van der Waals surface area (Å²) in [6.45, 7) is 9.04. The minimum Gasteiger partial charge on any atom is -0.475 e. The Morgan fingerprint density at radius 3 is 2.45 bits per heavy atom. The van der Waals surface area contributed by atoms with E-state index in [1.165, 1.54) is 0 Å². The van der Waals surface area contributed by atoms with E-state index in [4.69, 9.17) is 4.74 Å². The van der Waals surface area contributed by atoms with Gasteiger partial charge in [0.25, 0.3) is 0 Å². The van der Waals surface area contributed by atoms with Crippen LogP contribution in [0.3, 0.4) is 0 Å². The van der Waals surface area contributed by atoms with Crippen molar-refractivity contribution in [2.24, 2.45) is 4.99 Å². The lowest BCUT2D eigenvalue weighted by molar-refractivity contribution is 0.279. The zero-order chi connectivity index (χ0) is 14.2. The minimum absolute atomic E-state index is 0.120. The van der Waals surface area contributed by atoms with Gasteiger partial charge in [0.05, 0.1) is 11.1 Å². The monoisotopic (exact) mass is 274 g/mol. The summed E-state index contributed by atoms with van der Waals surface area (Å²) < 4.78 is 5.64. The van der Waals surface area contributed by atoms with Gasteiger partial charge >= 0.3 is 0 Å². The Morgan fingerprint density at radius 1 is 1.15 bits per heavy atom. The molecule has 0 aliphatic carbocycles. The highest BCUT2D eigenvalue weighted by atomic mass is 16.5. The fourth-order valence-electron chi connectivity index (χ4n) is 2.47. The highest BCUT2D eigenvalue weighted by Gasteiger charge is 2.27. The van der Waals surface area contributed by atoms with Crippen molar-refractivity contribution in [3.05, 3.63) is 23.9 Å². The van der Waals surface area contributed by atoms with Crippen LogP contribution in [0.2, 0.25) is 0 Å². The maximum Gasteiger partial charge on any atom is 0.218 e. The van der Waals surface area contributed by atoms with E-state index in [9.17, 15) is 0 Å². The van der Waals surface area contributed by atoms with E-state index in [-0.39, 0.29) is 5.54 Å². The third kappa shape index (κ3) is 2.77. The normalized spacial score (nSPS) is 22.6. The van der Waals surface area contributed by atoms with Crippen LogP contribution in [0, 0.1) is 0 Å². The maximum atomic E-state index is 5.64. The molecule has 0 saturated carbocycles. The number of hydrogen-bond donors (Lipinski definition) is 0. The lowest BCUT2D eigenvalue weighted by Crippen LogP contribution is -2.44. The maximum absolute atomic E-state index is 5.64. The van der Waals surface area contributed by atoms with Crippen molar-refractivity contribution in [3.8, 4) is 0 Å². The van der Waals surface area contributed by atoms with E-state index in [1.54, 1.807) is 0 Å². The molecule has 1 aromatic rings. The van der Waals surface area contributed by atoms with Crippen LogP contribution in [0.1, 0.15) is 19.4 Å². The lowest BCUT2D eigenvalue weighted by Gasteiger charge is -2.33. The summed E-state index contributed by atoms with van der Waals surface area (Å²) in [4.78, 5) is 13.8. The molecule has 3 rings (SSSR count). The topological polar surface area (TPSA) is 41.0 Å². The number of likely N-dealkylation sites (N-methyl/N-ethyl adjacent to an activating group) is 1. The number of piperazine rings is 1. The van der Waals surface area contributed by atoms with E-state index in [0.717, 1.165) is 37.6 Å². The predicted octanol–water partition coefficient (Wildman–Crippen LogP) is 1.39. The molecule has 0 amide bonds. The average Bonchev–Trinajstić information content (AvgIpc) is 2.80. The van der Waals surface area contributed by atoms with Crippen molar-refractivity contribution in [2.75, 3.05) is 44.7 Å². The number of ether oxygens (including phenoxy) is 1. The van der Waals surface area contributed by atoms with Crippen LogP contribution in [0.15, 0.2) is 23.3 Å². The zero-order valence-electron chi connectivity index (χ0n) is 12.5. The first-order chi connectivity index (χ1) is 9.53. The molecule has 20 heavy (non-hydrogen) atoms. The van der Waals surface area contributed by atoms with E-state index >= 15 is 0 Å². The zero-order valence-corrected chi connectivity index (χ0v) is 12.5. The molecular formula is C15H22N4O. The van der Waals surface area contributed by atoms with Crippen LogP contribution in [0.25, 0.3) is 0 Å². The largest absolute Gasteiger partial charge is 0.475 e. The van der Waals surface area contributed by atoms with Crippen LogP contribution in [-0.2, 0) is 4.74 Å². The van der Waals surface area contributed by atoms with E-state index in [0.29, 0.717) is 12.5 Å². The molecule has 3 heterocycles. The van der Waals surface area contributed by atoms with Crippen LogP contribution < -0.4 is 4.90 Å². The molecule has 2 aliphatic heterocycles. The molecule has 1 fully saturated rings. The lowest BCUT2D eigenvalue weighted by atomic mass is 10.1. The molecule has 1 saturated heterocycles. The number of nitrogens with zero attached hydrogens (tertiary/aromatic N) is 4. The Kier molecular flexibility index (Phi) is 3.38. The van der Waals surface area contributed by atoms with Crippen molar-refractivity contribution >= 4 is 11.7 Å². The SMILES string of the molecule is CN1CCN(c2ccc(C3=NC(C)(C)CO3)cn2)CC1. The second kappa shape index (κ2) is 5.05. The van der Waals surface area contributed by atoms with Gasteiger partial charge in [0.15, 0.2) is 0 Å². The van der Waals surface area contributed by atoms with Gasteiger partial charge in [0.1, 0.15) is 12.4 Å². The molecule has 0 radical (unpaired) electrons.